The molecule has 1 atom stereocenters. The summed E-state index contributed by atoms with van der Waals surface area (Å²) in [6, 6.07) is 5.63. The molecule has 8 heteroatoms. The Hall–Kier alpha value is -2.48. The van der Waals surface area contributed by atoms with E-state index in [1.165, 1.54) is 34.0 Å². The topological polar surface area (TPSA) is 80.5 Å². The number of hydrogen-bond acceptors (Lipinski definition) is 5. The van der Waals surface area contributed by atoms with Crippen molar-refractivity contribution in [2.75, 3.05) is 19.7 Å². The van der Waals surface area contributed by atoms with Crippen LogP contribution in [0.3, 0.4) is 0 Å². The minimum absolute atomic E-state index is 0.192. The number of carbonyl (C=O) groups excluding carboxylic acids is 1. The molecule has 1 saturated heterocycles. The van der Waals surface area contributed by atoms with Crippen LogP contribution in [0, 0.1) is 5.82 Å². The molecular formula is C15H17FN4O3. The average Bonchev–Trinajstić information content (AvgIpc) is 3.15. The van der Waals surface area contributed by atoms with E-state index in [0.29, 0.717) is 18.7 Å². The van der Waals surface area contributed by atoms with Crippen LogP contribution < -0.4 is 4.74 Å². The number of hydrogen-bond donors (Lipinski definition) is 1. The normalized spacial score (nSPS) is 20.7. The van der Waals surface area contributed by atoms with Gasteiger partial charge in [0.15, 0.2) is 6.61 Å². The van der Waals surface area contributed by atoms with E-state index in [9.17, 15) is 14.3 Å². The van der Waals surface area contributed by atoms with Crippen LogP contribution in [0.1, 0.15) is 6.42 Å². The number of aliphatic hydroxyl groups is 1. The molecule has 0 bridgehead atoms. The molecule has 2 heterocycles. The molecule has 1 unspecified atom stereocenters. The number of likely N-dealkylation sites (tertiary alicyclic amines) is 1. The van der Waals surface area contributed by atoms with Crippen molar-refractivity contribution in [3.05, 3.63) is 42.5 Å². The minimum atomic E-state index is -1.03. The molecule has 3 rings (SSSR count). The van der Waals surface area contributed by atoms with Gasteiger partial charge in [-0.25, -0.2) is 9.07 Å². The van der Waals surface area contributed by atoms with E-state index in [1.807, 2.05) is 0 Å². The van der Waals surface area contributed by atoms with E-state index in [0.717, 1.165) is 0 Å². The molecule has 0 aliphatic carbocycles. The lowest BCUT2D eigenvalue weighted by Crippen LogP contribution is -2.40. The Morgan fingerprint density at radius 2 is 2.35 bits per heavy atom. The van der Waals surface area contributed by atoms with Crippen molar-refractivity contribution >= 4 is 5.91 Å². The summed E-state index contributed by atoms with van der Waals surface area (Å²) in [6.07, 6.45) is 3.65. The zero-order valence-corrected chi connectivity index (χ0v) is 12.4. The molecule has 1 aliphatic heterocycles. The number of ether oxygens (including phenoxy) is 1. The summed E-state index contributed by atoms with van der Waals surface area (Å²) in [5, 5.41) is 18.0. The molecule has 1 aromatic carbocycles. The SMILES string of the molecule is O=C(COc1cccc(F)c1)N1CCC(O)(Cn2ccnn2)C1. The van der Waals surface area contributed by atoms with Crippen LogP contribution >= 0.6 is 0 Å². The first-order chi connectivity index (χ1) is 11.0. The average molecular weight is 320 g/mol. The van der Waals surface area contributed by atoms with E-state index < -0.39 is 11.4 Å². The molecule has 0 saturated carbocycles. The quantitative estimate of drug-likeness (QED) is 0.866. The third kappa shape index (κ3) is 3.84. The Balaban J connectivity index is 1.53. The Labute approximate surface area is 132 Å². The molecule has 0 spiro atoms. The lowest BCUT2D eigenvalue weighted by molar-refractivity contribution is -0.133. The van der Waals surface area contributed by atoms with Gasteiger partial charge in [0.05, 0.1) is 19.3 Å². The van der Waals surface area contributed by atoms with Crippen LogP contribution in [0.2, 0.25) is 0 Å². The maximum atomic E-state index is 13.1. The monoisotopic (exact) mass is 320 g/mol. The highest BCUT2D eigenvalue weighted by molar-refractivity contribution is 5.78. The number of aromatic nitrogens is 3. The Morgan fingerprint density at radius 3 is 3.09 bits per heavy atom. The fourth-order valence-corrected chi connectivity index (χ4v) is 2.61. The number of nitrogens with zero attached hydrogens (tertiary/aromatic N) is 4. The third-order valence-corrected chi connectivity index (χ3v) is 3.77. The van der Waals surface area contributed by atoms with Gasteiger partial charge in [-0.1, -0.05) is 11.3 Å². The van der Waals surface area contributed by atoms with E-state index in [4.69, 9.17) is 4.74 Å². The number of halogens is 1. The molecule has 1 aromatic heterocycles. The van der Waals surface area contributed by atoms with Gasteiger partial charge in [-0.05, 0) is 18.6 Å². The molecule has 1 fully saturated rings. The molecule has 1 amide bonds. The molecule has 0 radical (unpaired) electrons. The molecular weight excluding hydrogens is 303 g/mol. The van der Waals surface area contributed by atoms with Gasteiger partial charge in [-0.3, -0.25) is 4.79 Å². The van der Waals surface area contributed by atoms with Crippen LogP contribution in [0.25, 0.3) is 0 Å². The second kappa shape index (κ2) is 6.33. The maximum Gasteiger partial charge on any atom is 0.260 e. The first-order valence-corrected chi connectivity index (χ1v) is 7.27. The molecule has 1 aliphatic rings. The third-order valence-electron chi connectivity index (χ3n) is 3.77. The summed E-state index contributed by atoms with van der Waals surface area (Å²) in [7, 11) is 0. The van der Waals surface area contributed by atoms with Gasteiger partial charge < -0.3 is 14.7 Å². The molecule has 2 aromatic rings. The molecule has 1 N–H and O–H groups in total. The largest absolute Gasteiger partial charge is 0.484 e. The number of carbonyl (C=O) groups is 1. The predicted octanol–water partition coefficient (Wildman–Crippen LogP) is 0.460. The second-order valence-corrected chi connectivity index (χ2v) is 5.64. The summed E-state index contributed by atoms with van der Waals surface area (Å²) >= 11 is 0. The van der Waals surface area contributed by atoms with Crippen molar-refractivity contribution < 1.29 is 19.0 Å². The standard InChI is InChI=1S/C15H17FN4O3/c16-12-2-1-3-13(8-12)23-9-14(21)19-6-4-15(22,10-19)11-20-7-5-17-18-20/h1-3,5,7-8,22H,4,6,9-11H2. The van der Waals surface area contributed by atoms with Gasteiger partial charge in [-0.2, -0.15) is 0 Å². The zero-order chi connectivity index (χ0) is 16.3. The van der Waals surface area contributed by atoms with Crippen LogP contribution in [-0.2, 0) is 11.3 Å². The fraction of sp³-hybridized carbons (Fsp3) is 0.400. The van der Waals surface area contributed by atoms with Gasteiger partial charge in [0.2, 0.25) is 0 Å². The van der Waals surface area contributed by atoms with Gasteiger partial charge >= 0.3 is 0 Å². The van der Waals surface area contributed by atoms with Crippen molar-refractivity contribution in [2.45, 2.75) is 18.6 Å². The Morgan fingerprint density at radius 1 is 1.48 bits per heavy atom. The first-order valence-electron chi connectivity index (χ1n) is 7.27. The van der Waals surface area contributed by atoms with Gasteiger partial charge in [0.1, 0.15) is 17.2 Å². The van der Waals surface area contributed by atoms with Gasteiger partial charge in [0.25, 0.3) is 5.91 Å². The van der Waals surface area contributed by atoms with E-state index in [2.05, 4.69) is 10.3 Å². The van der Waals surface area contributed by atoms with Crippen molar-refractivity contribution in [1.82, 2.24) is 19.9 Å². The summed E-state index contributed by atoms with van der Waals surface area (Å²) < 4.78 is 19.9. The molecule has 122 valence electrons. The zero-order valence-electron chi connectivity index (χ0n) is 12.4. The fourth-order valence-electron chi connectivity index (χ4n) is 2.61. The highest BCUT2D eigenvalue weighted by Crippen LogP contribution is 2.23. The number of β-amino-alcohol motifs (C(OH)–C–C–N with tert-alkyl or cyclic N) is 1. The molecule has 7 nitrogen and oxygen atoms in total. The van der Waals surface area contributed by atoms with Crippen molar-refractivity contribution in [3.8, 4) is 5.75 Å². The van der Waals surface area contributed by atoms with Gasteiger partial charge in [0, 0.05) is 18.8 Å². The van der Waals surface area contributed by atoms with E-state index in [1.54, 1.807) is 12.3 Å². The van der Waals surface area contributed by atoms with Crippen LogP contribution in [0.4, 0.5) is 4.39 Å². The highest BCUT2D eigenvalue weighted by atomic mass is 19.1. The first kappa shape index (κ1) is 15.4. The number of benzene rings is 1. The predicted molar refractivity (Wildman–Crippen MR) is 78.1 cm³/mol. The minimum Gasteiger partial charge on any atom is -0.484 e. The highest BCUT2D eigenvalue weighted by Gasteiger charge is 2.38. The second-order valence-electron chi connectivity index (χ2n) is 5.64. The Bertz CT molecular complexity index is 679. The van der Waals surface area contributed by atoms with Crippen LogP contribution in [0.5, 0.6) is 5.75 Å². The van der Waals surface area contributed by atoms with Crippen LogP contribution in [-0.4, -0.2) is 56.2 Å². The van der Waals surface area contributed by atoms with E-state index in [-0.39, 0.29) is 25.6 Å². The van der Waals surface area contributed by atoms with Crippen molar-refractivity contribution in [1.29, 1.82) is 0 Å². The summed E-state index contributed by atoms with van der Waals surface area (Å²) in [6.45, 7) is 0.735. The number of rotatable bonds is 5. The number of amides is 1. The lowest BCUT2D eigenvalue weighted by Gasteiger charge is -2.23. The lowest BCUT2D eigenvalue weighted by atomic mass is 10.0. The smallest absolute Gasteiger partial charge is 0.260 e. The Kier molecular flexibility index (Phi) is 4.24. The van der Waals surface area contributed by atoms with Crippen molar-refractivity contribution in [3.63, 3.8) is 0 Å². The summed E-state index contributed by atoms with van der Waals surface area (Å²) in [4.78, 5) is 13.7. The summed E-state index contributed by atoms with van der Waals surface area (Å²) in [5.74, 6) is -0.363. The van der Waals surface area contributed by atoms with Crippen LogP contribution in [0.15, 0.2) is 36.7 Å². The van der Waals surface area contributed by atoms with Crippen molar-refractivity contribution in [2.24, 2.45) is 0 Å². The molecule has 23 heavy (non-hydrogen) atoms. The van der Waals surface area contributed by atoms with Gasteiger partial charge in [-0.15, -0.1) is 5.10 Å². The maximum absolute atomic E-state index is 13.1. The summed E-state index contributed by atoms with van der Waals surface area (Å²) in [5.41, 5.74) is -1.03. The van der Waals surface area contributed by atoms with E-state index >= 15 is 0 Å².